The van der Waals surface area contributed by atoms with Crippen LogP contribution in [0, 0.1) is 5.41 Å². The molecule has 0 fully saturated rings. The van der Waals surface area contributed by atoms with Crippen molar-refractivity contribution in [1.29, 1.82) is 0 Å². The van der Waals surface area contributed by atoms with E-state index in [-0.39, 0.29) is 5.41 Å². The lowest BCUT2D eigenvalue weighted by atomic mass is 9.92. The molecule has 0 amide bonds. The van der Waals surface area contributed by atoms with Crippen LogP contribution in [0.1, 0.15) is 20.3 Å². The molecule has 0 aliphatic rings. The maximum Gasteiger partial charge on any atom is 0.0482 e. The lowest BCUT2D eigenvalue weighted by molar-refractivity contribution is 0.157. The lowest BCUT2D eigenvalue weighted by Gasteiger charge is -2.20. The maximum absolute atomic E-state index is 8.81. The Labute approximate surface area is 61.8 Å². The summed E-state index contributed by atoms with van der Waals surface area (Å²) in [6.45, 7) is 4.47. The normalized spacial score (nSPS) is 12.0. The predicted octanol–water partition coefficient (Wildman–Crippen LogP) is 1.76. The fourth-order valence-electron chi connectivity index (χ4n) is 0.457. The first-order valence-electron chi connectivity index (χ1n) is 3.22. The van der Waals surface area contributed by atoms with Crippen LogP contribution in [0.25, 0.3) is 0 Å². The van der Waals surface area contributed by atoms with E-state index >= 15 is 0 Å². The monoisotopic (exact) mass is 148 g/mol. The summed E-state index contributed by atoms with van der Waals surface area (Å²) >= 11 is 1.83. The summed E-state index contributed by atoms with van der Waals surface area (Å²) in [7, 11) is 0. The minimum absolute atomic E-state index is 0.128. The zero-order chi connectivity index (χ0) is 7.33. The Hall–Kier alpha value is 0.310. The van der Waals surface area contributed by atoms with Crippen LogP contribution >= 0.6 is 11.8 Å². The van der Waals surface area contributed by atoms with Crippen molar-refractivity contribution in [2.24, 2.45) is 5.41 Å². The van der Waals surface area contributed by atoms with Crippen LogP contribution in [0.4, 0.5) is 0 Å². The minimum atomic E-state index is 0.128. The van der Waals surface area contributed by atoms with Crippen LogP contribution < -0.4 is 0 Å². The summed E-state index contributed by atoms with van der Waals surface area (Å²) < 4.78 is 0. The van der Waals surface area contributed by atoms with E-state index in [4.69, 9.17) is 5.11 Å². The molecule has 0 heterocycles. The van der Waals surface area contributed by atoms with Crippen LogP contribution in [0.5, 0.6) is 0 Å². The largest absolute Gasteiger partial charge is 0.396 e. The predicted molar refractivity (Wildman–Crippen MR) is 43.9 cm³/mol. The molecule has 0 aliphatic heterocycles. The van der Waals surface area contributed by atoms with Gasteiger partial charge in [0, 0.05) is 6.61 Å². The van der Waals surface area contributed by atoms with Crippen molar-refractivity contribution in [3.63, 3.8) is 0 Å². The fraction of sp³-hybridized carbons (Fsp3) is 1.00. The topological polar surface area (TPSA) is 20.2 Å². The van der Waals surface area contributed by atoms with E-state index in [1.807, 2.05) is 11.8 Å². The van der Waals surface area contributed by atoms with Crippen LogP contribution in [-0.2, 0) is 0 Å². The highest BCUT2D eigenvalue weighted by Crippen LogP contribution is 2.20. The molecule has 0 spiro atoms. The Morgan fingerprint density at radius 2 is 2.00 bits per heavy atom. The number of aliphatic hydroxyl groups is 1. The van der Waals surface area contributed by atoms with Gasteiger partial charge in [0.25, 0.3) is 0 Å². The quantitative estimate of drug-likeness (QED) is 0.655. The highest BCUT2D eigenvalue weighted by atomic mass is 32.2. The summed E-state index contributed by atoms with van der Waals surface area (Å²) in [5.41, 5.74) is 0.128. The van der Waals surface area contributed by atoms with Crippen molar-refractivity contribution in [3.8, 4) is 0 Å². The minimum Gasteiger partial charge on any atom is -0.396 e. The van der Waals surface area contributed by atoms with Crippen molar-refractivity contribution < 1.29 is 5.11 Å². The van der Waals surface area contributed by atoms with Gasteiger partial charge in [-0.3, -0.25) is 0 Å². The number of hydrogen-bond acceptors (Lipinski definition) is 2. The van der Waals surface area contributed by atoms with Crippen LogP contribution in [0.15, 0.2) is 0 Å². The Kier molecular flexibility index (Phi) is 4.32. The number of aliphatic hydroxyl groups excluding tert-OH is 1. The number of rotatable bonds is 4. The Balaban J connectivity index is 3.33. The van der Waals surface area contributed by atoms with Crippen molar-refractivity contribution in [2.45, 2.75) is 20.3 Å². The van der Waals surface area contributed by atoms with Gasteiger partial charge < -0.3 is 5.11 Å². The average molecular weight is 148 g/mol. The van der Waals surface area contributed by atoms with Gasteiger partial charge in [-0.05, 0) is 23.8 Å². The molecule has 0 saturated carbocycles. The number of hydrogen-bond donors (Lipinski definition) is 1. The molecule has 1 nitrogen and oxygen atoms in total. The van der Waals surface area contributed by atoms with Gasteiger partial charge in [0.2, 0.25) is 0 Å². The molecular weight excluding hydrogens is 132 g/mol. The van der Waals surface area contributed by atoms with Crippen LogP contribution in [0.2, 0.25) is 0 Å². The summed E-state index contributed by atoms with van der Waals surface area (Å²) in [4.78, 5) is 0. The van der Waals surface area contributed by atoms with Crippen LogP contribution in [0.3, 0.4) is 0 Å². The second-order valence-electron chi connectivity index (χ2n) is 3.07. The molecule has 0 radical (unpaired) electrons. The Morgan fingerprint density at radius 3 is 2.33 bits per heavy atom. The molecule has 0 aliphatic carbocycles. The van der Waals surface area contributed by atoms with Gasteiger partial charge in [0.05, 0.1) is 0 Å². The van der Waals surface area contributed by atoms with E-state index in [2.05, 4.69) is 20.1 Å². The van der Waals surface area contributed by atoms with E-state index < -0.39 is 0 Å². The lowest BCUT2D eigenvalue weighted by Crippen LogP contribution is -2.17. The Morgan fingerprint density at radius 1 is 1.44 bits per heavy atom. The molecule has 0 saturated heterocycles. The summed E-state index contributed by atoms with van der Waals surface area (Å²) in [5, 5.41) is 8.81. The SMILES string of the molecule is CSCCC(C)(C)CO. The first kappa shape index (κ1) is 9.31. The molecular formula is C7H16OS. The van der Waals surface area contributed by atoms with Gasteiger partial charge in [-0.25, -0.2) is 0 Å². The van der Waals surface area contributed by atoms with Gasteiger partial charge >= 0.3 is 0 Å². The third-order valence-corrected chi connectivity index (χ3v) is 2.02. The molecule has 56 valence electrons. The first-order chi connectivity index (χ1) is 4.12. The highest BCUT2D eigenvalue weighted by Gasteiger charge is 2.14. The third-order valence-electron chi connectivity index (χ3n) is 1.41. The van der Waals surface area contributed by atoms with Crippen molar-refractivity contribution >= 4 is 11.8 Å². The van der Waals surface area contributed by atoms with Crippen molar-refractivity contribution in [1.82, 2.24) is 0 Å². The van der Waals surface area contributed by atoms with E-state index in [0.717, 1.165) is 12.2 Å². The van der Waals surface area contributed by atoms with Gasteiger partial charge in [0.1, 0.15) is 0 Å². The van der Waals surface area contributed by atoms with E-state index in [0.29, 0.717) is 6.61 Å². The highest BCUT2D eigenvalue weighted by molar-refractivity contribution is 7.98. The molecule has 0 atom stereocenters. The molecule has 0 aromatic heterocycles. The van der Waals surface area contributed by atoms with Crippen LogP contribution in [-0.4, -0.2) is 23.7 Å². The molecule has 1 N–H and O–H groups in total. The summed E-state index contributed by atoms with van der Waals surface area (Å²) in [5.74, 6) is 1.15. The fourth-order valence-corrected chi connectivity index (χ4v) is 1.21. The van der Waals surface area contributed by atoms with Gasteiger partial charge in [0.15, 0.2) is 0 Å². The second kappa shape index (κ2) is 4.18. The zero-order valence-electron chi connectivity index (χ0n) is 6.48. The molecule has 2 heteroatoms. The van der Waals surface area contributed by atoms with Gasteiger partial charge in [-0.15, -0.1) is 0 Å². The maximum atomic E-state index is 8.81. The Bertz CT molecular complexity index is 71.3. The van der Waals surface area contributed by atoms with E-state index in [1.165, 1.54) is 0 Å². The molecule has 0 bridgehead atoms. The standard InChI is InChI=1S/C7H16OS/c1-7(2,6-8)4-5-9-3/h8H,4-6H2,1-3H3. The average Bonchev–Trinajstić information content (AvgIpc) is 1.84. The first-order valence-corrected chi connectivity index (χ1v) is 4.61. The molecule has 0 unspecified atom stereocenters. The summed E-state index contributed by atoms with van der Waals surface area (Å²) in [6, 6.07) is 0. The van der Waals surface area contributed by atoms with E-state index in [1.54, 1.807) is 0 Å². The summed E-state index contributed by atoms with van der Waals surface area (Å²) in [6.07, 6.45) is 3.19. The van der Waals surface area contributed by atoms with Gasteiger partial charge in [-0.1, -0.05) is 13.8 Å². The smallest absolute Gasteiger partial charge is 0.0482 e. The van der Waals surface area contributed by atoms with Gasteiger partial charge in [-0.2, -0.15) is 11.8 Å². The molecule has 0 aromatic rings. The zero-order valence-corrected chi connectivity index (χ0v) is 7.29. The molecule has 0 aromatic carbocycles. The van der Waals surface area contributed by atoms with Crippen molar-refractivity contribution in [3.05, 3.63) is 0 Å². The number of thioether (sulfide) groups is 1. The molecule has 0 rings (SSSR count). The van der Waals surface area contributed by atoms with E-state index in [9.17, 15) is 0 Å². The second-order valence-corrected chi connectivity index (χ2v) is 4.05. The molecule has 9 heavy (non-hydrogen) atoms. The third kappa shape index (κ3) is 4.79. The van der Waals surface area contributed by atoms with Crippen molar-refractivity contribution in [2.75, 3.05) is 18.6 Å².